The van der Waals surface area contributed by atoms with Crippen molar-refractivity contribution in [2.24, 2.45) is 16.7 Å². The molecule has 0 aromatic heterocycles. The zero-order valence-corrected chi connectivity index (χ0v) is 6.37. The molecule has 4 heteroatoms. The van der Waals surface area contributed by atoms with E-state index in [9.17, 15) is 0 Å². The highest BCUT2D eigenvalue weighted by Gasteiger charge is 2.79. The first kappa shape index (κ1) is 8.06. The van der Waals surface area contributed by atoms with E-state index in [0.717, 1.165) is 0 Å². The van der Waals surface area contributed by atoms with E-state index in [0.29, 0.717) is 0 Å². The third kappa shape index (κ3) is 0.460. The Balaban J connectivity index is 3.26. The Morgan fingerprint density at radius 1 is 0.833 bits per heavy atom. The quantitative estimate of drug-likeness (QED) is 0.515. The second-order valence-corrected chi connectivity index (χ2v) is 2.78. The molecule has 1 aliphatic carbocycles. The lowest BCUT2D eigenvalue weighted by atomic mass is 9.98. The molecular formula is C8H4N4. The van der Waals surface area contributed by atoms with Gasteiger partial charge in [0.2, 0.25) is 0 Å². The molecule has 4 nitrogen and oxygen atoms in total. The summed E-state index contributed by atoms with van der Waals surface area (Å²) in [7, 11) is 0. The van der Waals surface area contributed by atoms with E-state index in [1.165, 1.54) is 0 Å². The van der Waals surface area contributed by atoms with Gasteiger partial charge in [-0.1, -0.05) is 6.92 Å². The van der Waals surface area contributed by atoms with E-state index in [-0.39, 0.29) is 0 Å². The van der Waals surface area contributed by atoms with Crippen LogP contribution in [0.1, 0.15) is 6.92 Å². The number of rotatable bonds is 0. The fraction of sp³-hybridized carbons (Fsp3) is 0.500. The Hall–Kier alpha value is -2.04. The van der Waals surface area contributed by atoms with Crippen molar-refractivity contribution in [1.29, 1.82) is 21.0 Å². The molecule has 0 radical (unpaired) electrons. The number of nitrogens with zero attached hydrogens (tertiary/aromatic N) is 4. The Morgan fingerprint density at radius 3 is 1.17 bits per heavy atom. The molecule has 56 valence electrons. The van der Waals surface area contributed by atoms with Crippen LogP contribution in [0.4, 0.5) is 0 Å². The third-order valence-electron chi connectivity index (χ3n) is 2.54. The van der Waals surface area contributed by atoms with Gasteiger partial charge in [0, 0.05) is 5.92 Å². The number of hydrogen-bond acceptors (Lipinski definition) is 4. The van der Waals surface area contributed by atoms with Crippen LogP contribution in [0, 0.1) is 62.1 Å². The molecule has 0 spiro atoms. The summed E-state index contributed by atoms with van der Waals surface area (Å²) in [4.78, 5) is 0. The van der Waals surface area contributed by atoms with E-state index < -0.39 is 16.7 Å². The second-order valence-electron chi connectivity index (χ2n) is 2.78. The van der Waals surface area contributed by atoms with Crippen LogP contribution < -0.4 is 0 Å². The van der Waals surface area contributed by atoms with Gasteiger partial charge >= 0.3 is 0 Å². The molecular weight excluding hydrogens is 152 g/mol. The normalized spacial score (nSPS) is 22.4. The summed E-state index contributed by atoms with van der Waals surface area (Å²) in [5, 5.41) is 34.6. The Kier molecular flexibility index (Phi) is 1.33. The summed E-state index contributed by atoms with van der Waals surface area (Å²) in [5.41, 5.74) is -2.81. The molecule has 0 heterocycles. The number of hydrogen-bond donors (Lipinski definition) is 0. The summed E-state index contributed by atoms with van der Waals surface area (Å²) < 4.78 is 0. The Morgan fingerprint density at radius 2 is 1.08 bits per heavy atom. The maximum absolute atomic E-state index is 8.65. The van der Waals surface area contributed by atoms with Gasteiger partial charge < -0.3 is 0 Å². The first-order valence-corrected chi connectivity index (χ1v) is 3.30. The van der Waals surface area contributed by atoms with Crippen molar-refractivity contribution < 1.29 is 0 Å². The first-order valence-electron chi connectivity index (χ1n) is 3.30. The molecule has 1 fully saturated rings. The summed E-state index contributed by atoms with van der Waals surface area (Å²) >= 11 is 0. The van der Waals surface area contributed by atoms with Gasteiger partial charge in [-0.05, 0) is 0 Å². The molecule has 12 heavy (non-hydrogen) atoms. The van der Waals surface area contributed by atoms with Crippen molar-refractivity contribution in [3.8, 4) is 24.3 Å². The van der Waals surface area contributed by atoms with E-state index in [4.69, 9.17) is 21.0 Å². The predicted molar refractivity (Wildman–Crippen MR) is 36.5 cm³/mol. The highest BCUT2D eigenvalue weighted by atomic mass is 14.7. The van der Waals surface area contributed by atoms with E-state index in [2.05, 4.69) is 0 Å². The van der Waals surface area contributed by atoms with Crippen LogP contribution in [-0.4, -0.2) is 0 Å². The zero-order chi connectivity index (χ0) is 9.41. The van der Waals surface area contributed by atoms with E-state index >= 15 is 0 Å². The first-order chi connectivity index (χ1) is 5.65. The van der Waals surface area contributed by atoms with Crippen LogP contribution in [0.15, 0.2) is 0 Å². The van der Waals surface area contributed by atoms with Crippen molar-refractivity contribution in [3.05, 3.63) is 0 Å². The summed E-state index contributed by atoms with van der Waals surface area (Å²) in [6.45, 7) is 1.57. The minimum atomic E-state index is -1.41. The third-order valence-corrected chi connectivity index (χ3v) is 2.54. The van der Waals surface area contributed by atoms with E-state index in [1.807, 2.05) is 0 Å². The van der Waals surface area contributed by atoms with Gasteiger partial charge in [-0.3, -0.25) is 0 Å². The fourth-order valence-electron chi connectivity index (χ4n) is 1.45. The average molecular weight is 156 g/mol. The SMILES string of the molecule is CC1C(C#N)(C#N)C1(C#N)C#N. The minimum absolute atomic E-state index is 0.477. The topological polar surface area (TPSA) is 95.2 Å². The monoisotopic (exact) mass is 156 g/mol. The van der Waals surface area contributed by atoms with Gasteiger partial charge in [0.25, 0.3) is 0 Å². The molecule has 0 saturated heterocycles. The van der Waals surface area contributed by atoms with Crippen LogP contribution in [0.25, 0.3) is 0 Å². The molecule has 0 aromatic carbocycles. The van der Waals surface area contributed by atoms with Crippen molar-refractivity contribution in [2.75, 3.05) is 0 Å². The van der Waals surface area contributed by atoms with Gasteiger partial charge in [-0.15, -0.1) is 0 Å². The van der Waals surface area contributed by atoms with Gasteiger partial charge in [-0.2, -0.15) is 21.0 Å². The second kappa shape index (κ2) is 1.97. The van der Waals surface area contributed by atoms with Crippen LogP contribution in [0.3, 0.4) is 0 Å². The zero-order valence-electron chi connectivity index (χ0n) is 6.37. The molecule has 0 aromatic rings. The van der Waals surface area contributed by atoms with E-state index in [1.54, 1.807) is 31.2 Å². The minimum Gasteiger partial charge on any atom is -0.196 e. The summed E-state index contributed by atoms with van der Waals surface area (Å²) in [6.07, 6.45) is 0. The molecule has 0 atom stereocenters. The largest absolute Gasteiger partial charge is 0.196 e. The summed E-state index contributed by atoms with van der Waals surface area (Å²) in [6, 6.07) is 6.95. The van der Waals surface area contributed by atoms with Gasteiger partial charge in [0.15, 0.2) is 10.8 Å². The highest BCUT2D eigenvalue weighted by Crippen LogP contribution is 2.67. The number of nitriles is 4. The molecule has 0 unspecified atom stereocenters. The highest BCUT2D eigenvalue weighted by molar-refractivity contribution is 5.49. The smallest absolute Gasteiger partial charge is 0.180 e. The Bertz CT molecular complexity index is 315. The van der Waals surface area contributed by atoms with Crippen molar-refractivity contribution in [1.82, 2.24) is 0 Å². The maximum atomic E-state index is 8.65. The average Bonchev–Trinajstić information content (AvgIpc) is 2.66. The fourth-order valence-corrected chi connectivity index (χ4v) is 1.45. The van der Waals surface area contributed by atoms with Gasteiger partial charge in [-0.25, -0.2) is 0 Å². The van der Waals surface area contributed by atoms with Crippen LogP contribution in [-0.2, 0) is 0 Å². The molecule has 1 rings (SSSR count). The van der Waals surface area contributed by atoms with Gasteiger partial charge in [0.05, 0.1) is 24.3 Å². The summed E-state index contributed by atoms with van der Waals surface area (Å²) in [5.74, 6) is -0.477. The lowest BCUT2D eigenvalue weighted by Gasteiger charge is -1.92. The van der Waals surface area contributed by atoms with Crippen molar-refractivity contribution >= 4 is 0 Å². The molecule has 1 aliphatic rings. The standard InChI is InChI=1S/C8H4N4/c1-6-7(2-9,3-10)8(6,4-11)5-12/h6H,1H3. The lowest BCUT2D eigenvalue weighted by molar-refractivity contribution is 0.727. The molecule has 0 bridgehead atoms. The van der Waals surface area contributed by atoms with Crippen LogP contribution >= 0.6 is 0 Å². The molecule has 0 aliphatic heterocycles. The van der Waals surface area contributed by atoms with Crippen molar-refractivity contribution in [2.45, 2.75) is 6.92 Å². The maximum Gasteiger partial charge on any atom is 0.180 e. The lowest BCUT2D eigenvalue weighted by Crippen LogP contribution is -2.05. The Labute approximate surface area is 69.9 Å². The predicted octanol–water partition coefficient (Wildman–Crippen LogP) is 0.703. The van der Waals surface area contributed by atoms with Crippen molar-refractivity contribution in [3.63, 3.8) is 0 Å². The molecule has 1 saturated carbocycles. The van der Waals surface area contributed by atoms with Crippen LogP contribution in [0.5, 0.6) is 0 Å². The van der Waals surface area contributed by atoms with Crippen LogP contribution in [0.2, 0.25) is 0 Å². The molecule has 0 amide bonds. The van der Waals surface area contributed by atoms with Gasteiger partial charge in [0.1, 0.15) is 0 Å². The molecule has 0 N–H and O–H groups in total.